The van der Waals surface area contributed by atoms with Gasteiger partial charge in [-0.1, -0.05) is 29.3 Å². The van der Waals surface area contributed by atoms with Crippen LogP contribution in [0.2, 0.25) is 10.0 Å². The summed E-state index contributed by atoms with van der Waals surface area (Å²) in [6.45, 7) is 2.56. The van der Waals surface area contributed by atoms with Gasteiger partial charge in [-0.3, -0.25) is 4.79 Å². The molecule has 1 aliphatic heterocycles. The molecule has 20 heavy (non-hydrogen) atoms. The number of nitrogens with zero attached hydrogens (tertiary/aromatic N) is 1. The third kappa shape index (κ3) is 4.35. The fourth-order valence-electron chi connectivity index (χ4n) is 2.11. The molecule has 0 spiro atoms. The van der Waals surface area contributed by atoms with E-state index in [-0.39, 0.29) is 11.9 Å². The van der Waals surface area contributed by atoms with Crippen molar-refractivity contribution in [3.05, 3.63) is 33.8 Å². The van der Waals surface area contributed by atoms with E-state index in [0.29, 0.717) is 36.2 Å². The molecule has 0 saturated carbocycles. The van der Waals surface area contributed by atoms with Gasteiger partial charge >= 0.3 is 0 Å². The molecule has 1 N–H and O–H groups in total. The fourth-order valence-corrected chi connectivity index (χ4v) is 2.58. The summed E-state index contributed by atoms with van der Waals surface area (Å²) in [6, 6.07) is 5.40. The van der Waals surface area contributed by atoms with Crippen LogP contribution in [0.5, 0.6) is 0 Å². The Morgan fingerprint density at radius 2 is 2.30 bits per heavy atom. The molecule has 1 atom stereocenters. The molecular weight excluding hydrogens is 299 g/mol. The Bertz CT molecular complexity index is 476. The normalized spacial score (nSPS) is 18.9. The number of halogens is 2. The summed E-state index contributed by atoms with van der Waals surface area (Å²) >= 11 is 12.0. The molecule has 0 radical (unpaired) electrons. The summed E-state index contributed by atoms with van der Waals surface area (Å²) in [4.78, 5) is 13.8. The zero-order valence-corrected chi connectivity index (χ0v) is 12.9. The molecule has 0 bridgehead atoms. The maximum Gasteiger partial charge on any atom is 0.224 e. The zero-order chi connectivity index (χ0) is 14.5. The maximum atomic E-state index is 12.2. The van der Waals surface area contributed by atoms with Gasteiger partial charge in [-0.2, -0.15) is 0 Å². The molecule has 4 nitrogen and oxygen atoms in total. The molecule has 0 aliphatic carbocycles. The number of benzene rings is 1. The zero-order valence-electron chi connectivity index (χ0n) is 11.4. The van der Waals surface area contributed by atoms with Gasteiger partial charge in [-0.15, -0.1) is 0 Å². The molecule has 1 heterocycles. The molecular formula is C14H18Cl2N2O2. The molecule has 1 aliphatic rings. The van der Waals surface area contributed by atoms with Crippen molar-refractivity contribution in [2.75, 3.05) is 26.8 Å². The first-order valence-corrected chi connectivity index (χ1v) is 7.31. The van der Waals surface area contributed by atoms with Crippen LogP contribution in [-0.4, -0.2) is 43.7 Å². The van der Waals surface area contributed by atoms with Crippen LogP contribution in [-0.2, 0) is 16.1 Å². The van der Waals surface area contributed by atoms with E-state index in [1.807, 2.05) is 6.07 Å². The van der Waals surface area contributed by atoms with Crippen molar-refractivity contribution in [1.82, 2.24) is 10.2 Å². The van der Waals surface area contributed by atoms with Crippen LogP contribution in [0.3, 0.4) is 0 Å². The van der Waals surface area contributed by atoms with Gasteiger partial charge in [0.2, 0.25) is 5.91 Å². The molecule has 1 fully saturated rings. The highest BCUT2D eigenvalue weighted by Gasteiger charge is 2.19. The van der Waals surface area contributed by atoms with Crippen LogP contribution >= 0.6 is 23.2 Å². The van der Waals surface area contributed by atoms with Crippen molar-refractivity contribution in [3.8, 4) is 0 Å². The summed E-state index contributed by atoms with van der Waals surface area (Å²) in [5, 5.41) is 4.45. The van der Waals surface area contributed by atoms with Crippen molar-refractivity contribution in [2.24, 2.45) is 0 Å². The van der Waals surface area contributed by atoms with E-state index in [1.54, 1.807) is 24.1 Å². The Morgan fingerprint density at radius 3 is 2.95 bits per heavy atom. The van der Waals surface area contributed by atoms with Crippen molar-refractivity contribution in [1.29, 1.82) is 0 Å². The minimum atomic E-state index is 0.0685. The van der Waals surface area contributed by atoms with Gasteiger partial charge in [0.05, 0.1) is 13.2 Å². The number of carbonyl (C=O) groups is 1. The standard InChI is InChI=1S/C14H18Cl2N2O2/c1-18(8-10-2-3-11(15)6-13(10)16)14(19)7-12-9-20-5-4-17-12/h2-3,6,12,17H,4-5,7-9H2,1H3. The summed E-state index contributed by atoms with van der Waals surface area (Å²) in [5.41, 5.74) is 0.889. The van der Waals surface area contributed by atoms with E-state index < -0.39 is 0 Å². The first kappa shape index (κ1) is 15.6. The summed E-state index contributed by atoms with van der Waals surface area (Å²) in [5.74, 6) is 0.0685. The highest BCUT2D eigenvalue weighted by atomic mass is 35.5. The Morgan fingerprint density at radius 1 is 1.50 bits per heavy atom. The first-order valence-electron chi connectivity index (χ1n) is 6.55. The molecule has 1 aromatic rings. The van der Waals surface area contributed by atoms with E-state index in [1.165, 1.54) is 0 Å². The SMILES string of the molecule is CN(Cc1ccc(Cl)cc1Cl)C(=O)CC1COCCN1. The first-order chi connectivity index (χ1) is 9.56. The van der Waals surface area contributed by atoms with Gasteiger partial charge in [0.15, 0.2) is 0 Å². The monoisotopic (exact) mass is 316 g/mol. The van der Waals surface area contributed by atoms with Gasteiger partial charge in [-0.25, -0.2) is 0 Å². The lowest BCUT2D eigenvalue weighted by Gasteiger charge is -2.26. The molecule has 2 rings (SSSR count). The second-order valence-corrected chi connectivity index (χ2v) is 5.76. The largest absolute Gasteiger partial charge is 0.378 e. The summed E-state index contributed by atoms with van der Waals surface area (Å²) < 4.78 is 5.34. The van der Waals surface area contributed by atoms with E-state index in [2.05, 4.69) is 5.32 Å². The lowest BCUT2D eigenvalue weighted by molar-refractivity contribution is -0.131. The third-order valence-corrected chi connectivity index (χ3v) is 3.85. The van der Waals surface area contributed by atoms with Crippen LogP contribution in [0.1, 0.15) is 12.0 Å². The van der Waals surface area contributed by atoms with Gasteiger partial charge in [0, 0.05) is 42.6 Å². The fraction of sp³-hybridized carbons (Fsp3) is 0.500. The average Bonchev–Trinajstić information content (AvgIpc) is 2.43. The van der Waals surface area contributed by atoms with E-state index in [4.69, 9.17) is 27.9 Å². The van der Waals surface area contributed by atoms with Crippen molar-refractivity contribution in [2.45, 2.75) is 19.0 Å². The Kier molecular flexibility index (Phi) is 5.66. The Labute approximate surface area is 129 Å². The van der Waals surface area contributed by atoms with Gasteiger partial charge in [-0.05, 0) is 17.7 Å². The molecule has 1 unspecified atom stereocenters. The molecule has 6 heteroatoms. The lowest BCUT2D eigenvalue weighted by Crippen LogP contribution is -2.44. The number of hydrogen-bond acceptors (Lipinski definition) is 3. The smallest absolute Gasteiger partial charge is 0.224 e. The van der Waals surface area contributed by atoms with Crippen molar-refractivity contribution >= 4 is 29.1 Å². The Balaban J connectivity index is 1.89. The number of hydrogen-bond donors (Lipinski definition) is 1. The third-order valence-electron chi connectivity index (χ3n) is 3.27. The lowest BCUT2D eigenvalue weighted by atomic mass is 10.1. The van der Waals surface area contributed by atoms with Gasteiger partial charge < -0.3 is 15.0 Å². The van der Waals surface area contributed by atoms with Crippen LogP contribution in [0.15, 0.2) is 18.2 Å². The number of rotatable bonds is 4. The van der Waals surface area contributed by atoms with Crippen LogP contribution < -0.4 is 5.32 Å². The Hall–Kier alpha value is -0.810. The number of amides is 1. The summed E-state index contributed by atoms with van der Waals surface area (Å²) in [6.07, 6.45) is 0.432. The second kappa shape index (κ2) is 7.27. The topological polar surface area (TPSA) is 41.6 Å². The maximum absolute atomic E-state index is 12.2. The van der Waals surface area contributed by atoms with Gasteiger partial charge in [0.1, 0.15) is 0 Å². The predicted octanol–water partition coefficient (Wildman–Crippen LogP) is 2.33. The molecule has 1 amide bonds. The average molecular weight is 317 g/mol. The number of nitrogens with one attached hydrogen (secondary N) is 1. The predicted molar refractivity (Wildman–Crippen MR) is 80.2 cm³/mol. The molecule has 1 aromatic carbocycles. The van der Waals surface area contributed by atoms with E-state index in [9.17, 15) is 4.79 Å². The van der Waals surface area contributed by atoms with E-state index >= 15 is 0 Å². The van der Waals surface area contributed by atoms with Crippen molar-refractivity contribution < 1.29 is 9.53 Å². The molecule has 0 aromatic heterocycles. The second-order valence-electron chi connectivity index (χ2n) is 4.92. The minimum absolute atomic E-state index is 0.0685. The van der Waals surface area contributed by atoms with Gasteiger partial charge in [0.25, 0.3) is 0 Å². The highest BCUT2D eigenvalue weighted by molar-refractivity contribution is 6.35. The summed E-state index contributed by atoms with van der Waals surface area (Å²) in [7, 11) is 1.77. The number of morpholine rings is 1. The van der Waals surface area contributed by atoms with Crippen LogP contribution in [0, 0.1) is 0 Å². The van der Waals surface area contributed by atoms with E-state index in [0.717, 1.165) is 12.1 Å². The quantitative estimate of drug-likeness (QED) is 0.927. The molecule has 1 saturated heterocycles. The minimum Gasteiger partial charge on any atom is -0.378 e. The highest BCUT2D eigenvalue weighted by Crippen LogP contribution is 2.22. The van der Waals surface area contributed by atoms with Crippen LogP contribution in [0.4, 0.5) is 0 Å². The number of carbonyl (C=O) groups excluding carboxylic acids is 1. The van der Waals surface area contributed by atoms with Crippen LogP contribution in [0.25, 0.3) is 0 Å². The van der Waals surface area contributed by atoms with Crippen molar-refractivity contribution in [3.63, 3.8) is 0 Å². The number of ether oxygens (including phenoxy) is 1. The molecule has 110 valence electrons.